The number of H-pyrrole nitrogens is 1. The highest BCUT2D eigenvalue weighted by atomic mass is 16.3. The summed E-state index contributed by atoms with van der Waals surface area (Å²) in [4.78, 5) is 8.71. The van der Waals surface area contributed by atoms with Crippen LogP contribution in [-0.4, -0.2) is 19.6 Å². The normalized spacial score (nSPS) is 18.5. The van der Waals surface area contributed by atoms with Gasteiger partial charge < -0.3 is 10.1 Å². The van der Waals surface area contributed by atoms with E-state index < -0.39 is 0 Å². The van der Waals surface area contributed by atoms with E-state index in [0.717, 1.165) is 33.6 Å². The fraction of sp³-hybridized carbons (Fsp3) is 0.0645. The lowest BCUT2D eigenvalue weighted by molar-refractivity contribution is 0.476. The van der Waals surface area contributed by atoms with Crippen LogP contribution in [0.15, 0.2) is 103 Å². The molecular weight excluding hydrogens is 430 g/mol. The van der Waals surface area contributed by atoms with Crippen LogP contribution in [0.25, 0.3) is 44.1 Å². The minimum atomic E-state index is 0.126. The molecule has 0 radical (unpaired) electrons. The van der Waals surface area contributed by atoms with Crippen LogP contribution in [0.3, 0.4) is 0 Å². The monoisotopic (exact) mass is 451 g/mol. The molecule has 3 heterocycles. The third-order valence-corrected chi connectivity index (χ3v) is 7.52. The van der Waals surface area contributed by atoms with E-state index in [2.05, 4.69) is 94.5 Å². The van der Waals surface area contributed by atoms with Crippen molar-refractivity contribution in [3.8, 4) is 11.4 Å². The Kier molecular flexibility index (Phi) is 3.62. The Labute approximate surface area is 201 Å². The van der Waals surface area contributed by atoms with Gasteiger partial charge in [0.2, 0.25) is 0 Å². The zero-order valence-corrected chi connectivity index (χ0v) is 18.8. The molecule has 2 N–H and O–H groups in total. The van der Waals surface area contributed by atoms with Gasteiger partial charge in [0.15, 0.2) is 0 Å². The van der Waals surface area contributed by atoms with E-state index in [1.165, 1.54) is 27.5 Å². The topological polar surface area (TPSA) is 53.8 Å². The van der Waals surface area contributed by atoms with Gasteiger partial charge in [-0.1, -0.05) is 72.8 Å². The number of nitrogens with zero attached hydrogens (tertiary/aromatic N) is 2. The van der Waals surface area contributed by atoms with Crippen molar-refractivity contribution in [2.24, 2.45) is 0 Å². The second kappa shape index (κ2) is 6.73. The molecule has 8 rings (SSSR count). The molecule has 2 aliphatic rings. The summed E-state index contributed by atoms with van der Waals surface area (Å²) in [6.45, 7) is 0. The van der Waals surface area contributed by atoms with Crippen molar-refractivity contribution in [3.63, 3.8) is 0 Å². The van der Waals surface area contributed by atoms with Crippen LogP contribution in [0.1, 0.15) is 28.8 Å². The molecule has 4 aromatic carbocycles. The van der Waals surface area contributed by atoms with Gasteiger partial charge in [-0.25, -0.2) is 4.98 Å². The molecule has 6 aromatic rings. The lowest BCUT2D eigenvalue weighted by atomic mass is 9.78. The van der Waals surface area contributed by atoms with Crippen LogP contribution in [0, 0.1) is 0 Å². The molecule has 1 aliphatic carbocycles. The molecule has 35 heavy (non-hydrogen) atoms. The predicted octanol–water partition coefficient (Wildman–Crippen LogP) is 7.20. The number of aromatic nitrogens is 3. The molecule has 0 fully saturated rings. The number of fused-ring (bicyclic) bond motifs is 12. The molecule has 2 atom stereocenters. The molecule has 4 heteroatoms. The third kappa shape index (κ3) is 2.54. The standard InChI is InChI=1S/C31H21N3O/c35-20-11-14-26-28(17-20)34-30-22(13-15-27-29(30)23-8-4-5-9-25(23)32-27)21-12-10-19(16-24(21)31(34)33-26)18-6-2-1-3-7-18/h1-17,19,21,32,35H. The van der Waals surface area contributed by atoms with E-state index in [4.69, 9.17) is 4.98 Å². The van der Waals surface area contributed by atoms with Gasteiger partial charge in [0.05, 0.1) is 16.7 Å². The molecule has 2 unspecified atom stereocenters. The zero-order chi connectivity index (χ0) is 23.1. The number of benzene rings is 4. The third-order valence-electron chi connectivity index (χ3n) is 7.52. The maximum absolute atomic E-state index is 10.4. The fourth-order valence-corrected chi connectivity index (χ4v) is 5.97. The van der Waals surface area contributed by atoms with E-state index in [9.17, 15) is 5.11 Å². The first-order valence-corrected chi connectivity index (χ1v) is 12.0. The Morgan fingerprint density at radius 2 is 1.69 bits per heavy atom. The summed E-state index contributed by atoms with van der Waals surface area (Å²) in [5.41, 5.74) is 8.91. The van der Waals surface area contributed by atoms with Crippen LogP contribution < -0.4 is 0 Å². The second-order valence-electron chi connectivity index (χ2n) is 9.46. The molecule has 0 bridgehead atoms. The predicted molar refractivity (Wildman–Crippen MR) is 141 cm³/mol. The maximum atomic E-state index is 10.4. The number of rotatable bonds is 1. The van der Waals surface area contributed by atoms with Crippen LogP contribution in [0.5, 0.6) is 5.75 Å². The van der Waals surface area contributed by atoms with E-state index in [-0.39, 0.29) is 17.6 Å². The summed E-state index contributed by atoms with van der Waals surface area (Å²) in [5.74, 6) is 1.52. The summed E-state index contributed by atoms with van der Waals surface area (Å²) in [7, 11) is 0. The van der Waals surface area contributed by atoms with Crippen LogP contribution in [0.2, 0.25) is 0 Å². The van der Waals surface area contributed by atoms with Gasteiger partial charge in [0, 0.05) is 45.3 Å². The number of nitrogens with one attached hydrogen (secondary N) is 1. The summed E-state index contributed by atoms with van der Waals surface area (Å²) in [6.07, 6.45) is 7.02. The number of imidazole rings is 1. The van der Waals surface area contributed by atoms with Crippen molar-refractivity contribution < 1.29 is 5.11 Å². The number of aromatic amines is 1. The van der Waals surface area contributed by atoms with Crippen molar-refractivity contribution in [2.75, 3.05) is 0 Å². The second-order valence-corrected chi connectivity index (χ2v) is 9.46. The Bertz CT molecular complexity index is 1870. The molecule has 1 aliphatic heterocycles. The summed E-state index contributed by atoms with van der Waals surface area (Å²) in [5, 5.41) is 12.8. The van der Waals surface area contributed by atoms with E-state index >= 15 is 0 Å². The van der Waals surface area contributed by atoms with Gasteiger partial charge in [0.1, 0.15) is 11.6 Å². The molecule has 2 aromatic heterocycles. The van der Waals surface area contributed by atoms with Crippen LogP contribution >= 0.6 is 0 Å². The largest absolute Gasteiger partial charge is 0.508 e. The molecule has 4 nitrogen and oxygen atoms in total. The first kappa shape index (κ1) is 18.8. The van der Waals surface area contributed by atoms with Crippen LogP contribution in [0.4, 0.5) is 0 Å². The van der Waals surface area contributed by atoms with Crippen molar-refractivity contribution in [2.45, 2.75) is 11.8 Å². The zero-order valence-electron chi connectivity index (χ0n) is 18.8. The van der Waals surface area contributed by atoms with E-state index in [1.54, 1.807) is 6.07 Å². The Hall–Kier alpha value is -4.57. The van der Waals surface area contributed by atoms with Gasteiger partial charge in [-0.05, 0) is 35.4 Å². The van der Waals surface area contributed by atoms with Crippen molar-refractivity contribution in [3.05, 3.63) is 120 Å². The quantitative estimate of drug-likeness (QED) is 0.260. The number of hydrogen-bond donors (Lipinski definition) is 2. The molecule has 0 saturated heterocycles. The number of hydrogen-bond acceptors (Lipinski definition) is 2. The van der Waals surface area contributed by atoms with Gasteiger partial charge in [-0.15, -0.1) is 0 Å². The van der Waals surface area contributed by atoms with E-state index in [0.29, 0.717) is 0 Å². The minimum absolute atomic E-state index is 0.126. The number of phenolic OH excluding ortho intramolecular Hbond substituents is 1. The average Bonchev–Trinajstić information content (AvgIpc) is 3.47. The number of para-hydroxylation sites is 1. The molecular formula is C31H21N3O. The van der Waals surface area contributed by atoms with Crippen molar-refractivity contribution in [1.82, 2.24) is 14.5 Å². The highest BCUT2D eigenvalue weighted by molar-refractivity contribution is 6.13. The lowest BCUT2D eigenvalue weighted by Crippen LogP contribution is -2.18. The van der Waals surface area contributed by atoms with Gasteiger partial charge in [-0.3, -0.25) is 4.57 Å². The van der Waals surface area contributed by atoms with Crippen molar-refractivity contribution in [1.29, 1.82) is 0 Å². The maximum Gasteiger partial charge on any atom is 0.142 e. The highest BCUT2D eigenvalue weighted by Gasteiger charge is 2.34. The smallest absolute Gasteiger partial charge is 0.142 e. The van der Waals surface area contributed by atoms with Crippen LogP contribution in [-0.2, 0) is 0 Å². The first-order valence-electron chi connectivity index (χ1n) is 12.0. The highest BCUT2D eigenvalue weighted by Crippen LogP contribution is 2.50. The molecule has 166 valence electrons. The lowest BCUT2D eigenvalue weighted by Gasteiger charge is -2.32. The average molecular weight is 452 g/mol. The number of allylic oxidation sites excluding steroid dienone is 4. The number of phenols is 1. The van der Waals surface area contributed by atoms with Gasteiger partial charge >= 0.3 is 0 Å². The van der Waals surface area contributed by atoms with Crippen molar-refractivity contribution >= 4 is 38.4 Å². The SMILES string of the molecule is Oc1ccc2nc3n(c2c1)-c1c(ccc2[nH]c4ccccc4c12)C1C=CC(c2ccccc2)C=C31. The van der Waals surface area contributed by atoms with Gasteiger partial charge in [0.25, 0.3) is 0 Å². The Balaban J connectivity index is 1.50. The summed E-state index contributed by atoms with van der Waals surface area (Å²) < 4.78 is 2.26. The molecule has 0 saturated carbocycles. The summed E-state index contributed by atoms with van der Waals surface area (Å²) in [6, 6.07) is 29.0. The molecule has 0 amide bonds. The minimum Gasteiger partial charge on any atom is -0.508 e. The van der Waals surface area contributed by atoms with E-state index in [1.807, 2.05) is 12.1 Å². The Morgan fingerprint density at radius 3 is 2.60 bits per heavy atom. The number of aromatic hydroxyl groups is 1. The first-order chi connectivity index (χ1) is 17.3. The fourth-order valence-electron chi connectivity index (χ4n) is 5.97. The Morgan fingerprint density at radius 1 is 0.829 bits per heavy atom. The summed E-state index contributed by atoms with van der Waals surface area (Å²) >= 11 is 0. The molecule has 0 spiro atoms. The van der Waals surface area contributed by atoms with Gasteiger partial charge in [-0.2, -0.15) is 0 Å².